The molecular weight excluding hydrogens is 301 g/mol. The number of benzene rings is 1. The Morgan fingerprint density at radius 2 is 2.05 bits per heavy atom. The van der Waals surface area contributed by atoms with Crippen LogP contribution >= 0.6 is 23.2 Å². The molecule has 2 rings (SSSR count). The molecule has 0 radical (unpaired) electrons. The third kappa shape index (κ3) is 3.76. The zero-order valence-electron chi connectivity index (χ0n) is 10.5. The molecule has 7 heteroatoms. The van der Waals surface area contributed by atoms with Crippen LogP contribution in [0, 0.1) is 0 Å². The van der Waals surface area contributed by atoms with E-state index in [1.54, 1.807) is 30.3 Å². The van der Waals surface area contributed by atoms with Gasteiger partial charge in [-0.25, -0.2) is 9.78 Å². The van der Waals surface area contributed by atoms with E-state index in [-0.39, 0.29) is 0 Å². The van der Waals surface area contributed by atoms with Gasteiger partial charge in [-0.2, -0.15) is 0 Å². The fourth-order valence-electron chi connectivity index (χ4n) is 1.44. The van der Waals surface area contributed by atoms with Crippen molar-refractivity contribution in [1.82, 2.24) is 4.98 Å². The Labute approximate surface area is 125 Å². The summed E-state index contributed by atoms with van der Waals surface area (Å²) in [5.74, 6) is 0.588. The van der Waals surface area contributed by atoms with Crippen molar-refractivity contribution in [1.29, 1.82) is 0 Å². The van der Waals surface area contributed by atoms with Gasteiger partial charge >= 0.3 is 6.09 Å². The summed E-state index contributed by atoms with van der Waals surface area (Å²) in [6.45, 7) is 0. The number of rotatable bonds is 3. The number of anilines is 3. The normalized spacial score (nSPS) is 9.95. The molecule has 0 saturated carbocycles. The van der Waals surface area contributed by atoms with Crippen LogP contribution in [0.3, 0.4) is 0 Å². The first-order valence-electron chi connectivity index (χ1n) is 5.61. The molecule has 0 spiro atoms. The Morgan fingerprint density at radius 1 is 1.25 bits per heavy atom. The third-order valence-corrected chi connectivity index (χ3v) is 2.94. The summed E-state index contributed by atoms with van der Waals surface area (Å²) in [6, 6.07) is 8.51. The number of halogens is 2. The number of hydrogen-bond acceptors (Lipinski definition) is 4. The predicted octanol–water partition coefficient (Wildman–Crippen LogP) is 4.31. The van der Waals surface area contributed by atoms with E-state index < -0.39 is 6.09 Å². The Bertz CT molecular complexity index is 618. The highest BCUT2D eigenvalue weighted by Gasteiger charge is 2.04. The molecule has 0 aliphatic rings. The van der Waals surface area contributed by atoms with Crippen LogP contribution in [0.4, 0.5) is 22.0 Å². The molecular formula is C13H11Cl2N3O2. The minimum atomic E-state index is -0.548. The number of nitrogens with one attached hydrogen (secondary N) is 2. The lowest BCUT2D eigenvalue weighted by Crippen LogP contribution is -2.11. The lowest BCUT2D eigenvalue weighted by Gasteiger charge is -2.09. The number of carbonyl (C=O) groups is 1. The van der Waals surface area contributed by atoms with Gasteiger partial charge in [0.05, 0.1) is 29.7 Å². The molecule has 1 amide bonds. The second-order valence-corrected chi connectivity index (χ2v) is 4.64. The van der Waals surface area contributed by atoms with Crippen molar-refractivity contribution >= 4 is 46.5 Å². The van der Waals surface area contributed by atoms with Crippen molar-refractivity contribution in [2.75, 3.05) is 17.7 Å². The first-order valence-corrected chi connectivity index (χ1v) is 6.37. The largest absolute Gasteiger partial charge is 0.453 e. The van der Waals surface area contributed by atoms with Crippen LogP contribution < -0.4 is 10.6 Å². The highest BCUT2D eigenvalue weighted by atomic mass is 35.5. The van der Waals surface area contributed by atoms with Crippen molar-refractivity contribution in [3.8, 4) is 0 Å². The van der Waals surface area contributed by atoms with Crippen LogP contribution in [0.15, 0.2) is 36.5 Å². The van der Waals surface area contributed by atoms with Crippen molar-refractivity contribution < 1.29 is 9.53 Å². The van der Waals surface area contributed by atoms with Crippen LogP contribution in [0.2, 0.25) is 10.0 Å². The van der Waals surface area contributed by atoms with Crippen molar-refractivity contribution in [2.24, 2.45) is 0 Å². The molecule has 1 heterocycles. The SMILES string of the molecule is COC(=O)Nc1ccc(Nc2ccc(Cl)cc2Cl)nc1. The van der Waals surface area contributed by atoms with Gasteiger partial charge in [0, 0.05) is 5.02 Å². The van der Waals surface area contributed by atoms with Gasteiger partial charge in [-0.05, 0) is 30.3 Å². The van der Waals surface area contributed by atoms with Crippen LogP contribution in [-0.2, 0) is 4.74 Å². The average Bonchev–Trinajstić information content (AvgIpc) is 2.44. The molecule has 2 aromatic rings. The van der Waals surface area contributed by atoms with Gasteiger partial charge in [0.15, 0.2) is 0 Å². The number of methoxy groups -OCH3 is 1. The van der Waals surface area contributed by atoms with E-state index >= 15 is 0 Å². The Kier molecular flexibility index (Phi) is 4.65. The summed E-state index contributed by atoms with van der Waals surface area (Å²) in [5.41, 5.74) is 1.22. The van der Waals surface area contributed by atoms with E-state index in [2.05, 4.69) is 20.4 Å². The maximum atomic E-state index is 11.0. The molecule has 1 aromatic carbocycles. The second-order valence-electron chi connectivity index (χ2n) is 3.80. The van der Waals surface area contributed by atoms with Gasteiger partial charge in [-0.1, -0.05) is 23.2 Å². The quantitative estimate of drug-likeness (QED) is 0.886. The molecule has 5 nitrogen and oxygen atoms in total. The molecule has 20 heavy (non-hydrogen) atoms. The van der Waals surface area contributed by atoms with Crippen molar-refractivity contribution in [2.45, 2.75) is 0 Å². The number of amides is 1. The Hall–Kier alpha value is -1.98. The summed E-state index contributed by atoms with van der Waals surface area (Å²) >= 11 is 11.9. The van der Waals surface area contributed by atoms with Crippen LogP contribution in [0.5, 0.6) is 0 Å². The first kappa shape index (κ1) is 14.4. The fraction of sp³-hybridized carbons (Fsp3) is 0.0769. The van der Waals surface area contributed by atoms with Gasteiger partial charge in [0.1, 0.15) is 5.82 Å². The van der Waals surface area contributed by atoms with Crippen molar-refractivity contribution in [3.63, 3.8) is 0 Å². The molecule has 0 aliphatic carbocycles. The molecule has 0 bridgehead atoms. The number of aromatic nitrogens is 1. The maximum absolute atomic E-state index is 11.0. The summed E-state index contributed by atoms with van der Waals surface area (Å²) in [4.78, 5) is 15.2. The topological polar surface area (TPSA) is 63.2 Å². The van der Waals surface area contributed by atoms with E-state index in [1.165, 1.54) is 13.3 Å². The molecule has 0 saturated heterocycles. The smallest absolute Gasteiger partial charge is 0.411 e. The maximum Gasteiger partial charge on any atom is 0.411 e. The summed E-state index contributed by atoms with van der Waals surface area (Å²) in [5, 5.41) is 6.61. The van der Waals surface area contributed by atoms with Crippen LogP contribution in [-0.4, -0.2) is 18.2 Å². The molecule has 2 N–H and O–H groups in total. The van der Waals surface area contributed by atoms with Crippen LogP contribution in [0.1, 0.15) is 0 Å². The highest BCUT2D eigenvalue weighted by molar-refractivity contribution is 6.36. The highest BCUT2D eigenvalue weighted by Crippen LogP contribution is 2.27. The van der Waals surface area contributed by atoms with Gasteiger partial charge in [-0.15, -0.1) is 0 Å². The van der Waals surface area contributed by atoms with E-state index in [0.29, 0.717) is 27.2 Å². The zero-order chi connectivity index (χ0) is 14.5. The summed E-state index contributed by atoms with van der Waals surface area (Å²) < 4.78 is 4.48. The first-order chi connectivity index (χ1) is 9.58. The number of ether oxygens (including phenoxy) is 1. The van der Waals surface area contributed by atoms with E-state index in [4.69, 9.17) is 23.2 Å². The summed E-state index contributed by atoms with van der Waals surface area (Å²) in [7, 11) is 1.29. The number of nitrogens with zero attached hydrogens (tertiary/aromatic N) is 1. The number of hydrogen-bond donors (Lipinski definition) is 2. The molecule has 0 atom stereocenters. The molecule has 0 aliphatic heterocycles. The molecule has 0 unspecified atom stereocenters. The van der Waals surface area contributed by atoms with Crippen molar-refractivity contribution in [3.05, 3.63) is 46.6 Å². The van der Waals surface area contributed by atoms with Gasteiger partial charge in [0.25, 0.3) is 0 Å². The summed E-state index contributed by atoms with van der Waals surface area (Å²) in [6.07, 6.45) is 0.955. The van der Waals surface area contributed by atoms with Gasteiger partial charge in [0.2, 0.25) is 0 Å². The number of carbonyl (C=O) groups excluding carboxylic acids is 1. The van der Waals surface area contributed by atoms with Gasteiger partial charge in [-0.3, -0.25) is 5.32 Å². The third-order valence-electron chi connectivity index (χ3n) is 2.39. The Balaban J connectivity index is 2.08. The zero-order valence-corrected chi connectivity index (χ0v) is 12.0. The second kappa shape index (κ2) is 6.45. The molecule has 1 aromatic heterocycles. The lowest BCUT2D eigenvalue weighted by atomic mass is 10.3. The predicted molar refractivity (Wildman–Crippen MR) is 80.0 cm³/mol. The van der Waals surface area contributed by atoms with E-state index in [0.717, 1.165) is 0 Å². The average molecular weight is 312 g/mol. The minimum absolute atomic E-state index is 0.496. The standard InChI is InChI=1S/C13H11Cl2N3O2/c1-20-13(19)17-9-3-5-12(16-7-9)18-11-4-2-8(14)6-10(11)15/h2-7H,1H3,(H,16,18)(H,17,19). The molecule has 0 fully saturated rings. The monoisotopic (exact) mass is 311 g/mol. The fourth-order valence-corrected chi connectivity index (χ4v) is 1.90. The van der Waals surface area contributed by atoms with E-state index in [9.17, 15) is 4.79 Å². The lowest BCUT2D eigenvalue weighted by molar-refractivity contribution is 0.187. The molecule has 104 valence electrons. The van der Waals surface area contributed by atoms with Crippen LogP contribution in [0.25, 0.3) is 0 Å². The van der Waals surface area contributed by atoms with E-state index in [1.807, 2.05) is 0 Å². The van der Waals surface area contributed by atoms with Gasteiger partial charge < -0.3 is 10.1 Å². The number of pyridine rings is 1. The Morgan fingerprint density at radius 3 is 2.65 bits per heavy atom. The minimum Gasteiger partial charge on any atom is -0.453 e.